The lowest BCUT2D eigenvalue weighted by molar-refractivity contribution is 0.0774. The average molecular weight is 261 g/mol. The number of rotatable bonds is 5. The van der Waals surface area contributed by atoms with E-state index in [-0.39, 0.29) is 5.91 Å². The van der Waals surface area contributed by atoms with E-state index in [9.17, 15) is 4.79 Å². The lowest BCUT2D eigenvalue weighted by Gasteiger charge is -2.17. The van der Waals surface area contributed by atoms with Gasteiger partial charge in [-0.3, -0.25) is 9.89 Å². The molecule has 0 aliphatic carbocycles. The Kier molecular flexibility index (Phi) is 3.89. The Morgan fingerprint density at radius 2 is 2.37 bits per heavy atom. The number of hydrogen-bond donors (Lipinski definition) is 2. The molecular weight excluding hydrogens is 242 g/mol. The van der Waals surface area contributed by atoms with Gasteiger partial charge in [-0.15, -0.1) is 0 Å². The van der Waals surface area contributed by atoms with Gasteiger partial charge in [-0.05, 0) is 12.5 Å². The van der Waals surface area contributed by atoms with E-state index >= 15 is 0 Å². The van der Waals surface area contributed by atoms with Crippen molar-refractivity contribution >= 4 is 11.6 Å². The minimum Gasteiger partial charge on any atom is -0.397 e. The van der Waals surface area contributed by atoms with Crippen molar-refractivity contribution in [3.8, 4) is 0 Å². The zero-order chi connectivity index (χ0) is 13.8. The molecule has 0 spiro atoms. The SMILES string of the molecule is CCCn1cc(N)cc1C(=O)N(C)Cc1cn[nH]c1. The van der Waals surface area contributed by atoms with Crippen LogP contribution in [0.4, 0.5) is 5.69 Å². The van der Waals surface area contributed by atoms with E-state index in [4.69, 9.17) is 5.73 Å². The van der Waals surface area contributed by atoms with Gasteiger partial charge in [-0.2, -0.15) is 5.10 Å². The minimum atomic E-state index is -0.0358. The molecule has 0 fully saturated rings. The van der Waals surface area contributed by atoms with E-state index in [0.29, 0.717) is 17.9 Å². The third-order valence-corrected chi connectivity index (χ3v) is 2.92. The number of carbonyl (C=O) groups is 1. The normalized spacial score (nSPS) is 10.6. The van der Waals surface area contributed by atoms with Gasteiger partial charge in [-0.1, -0.05) is 6.92 Å². The second kappa shape index (κ2) is 5.60. The number of nitrogen functional groups attached to an aromatic ring is 1. The van der Waals surface area contributed by atoms with Crippen LogP contribution in [0, 0.1) is 0 Å². The molecule has 0 aliphatic rings. The van der Waals surface area contributed by atoms with Crippen molar-refractivity contribution in [3.05, 3.63) is 35.9 Å². The van der Waals surface area contributed by atoms with E-state index in [1.807, 2.05) is 10.8 Å². The second-order valence-electron chi connectivity index (χ2n) is 4.62. The Morgan fingerprint density at radius 1 is 1.58 bits per heavy atom. The van der Waals surface area contributed by atoms with Crippen molar-refractivity contribution in [1.82, 2.24) is 19.7 Å². The highest BCUT2D eigenvalue weighted by Crippen LogP contribution is 2.14. The molecule has 2 aromatic rings. The molecule has 6 heteroatoms. The third-order valence-electron chi connectivity index (χ3n) is 2.92. The first-order valence-electron chi connectivity index (χ1n) is 6.30. The van der Waals surface area contributed by atoms with Gasteiger partial charge >= 0.3 is 0 Å². The van der Waals surface area contributed by atoms with E-state index in [1.54, 1.807) is 30.4 Å². The maximum atomic E-state index is 12.4. The highest BCUT2D eigenvalue weighted by Gasteiger charge is 2.17. The van der Waals surface area contributed by atoms with Gasteiger partial charge in [0, 0.05) is 38.1 Å². The quantitative estimate of drug-likeness (QED) is 0.855. The van der Waals surface area contributed by atoms with Crippen LogP contribution in [-0.2, 0) is 13.1 Å². The van der Waals surface area contributed by atoms with Gasteiger partial charge in [0.05, 0.1) is 11.9 Å². The maximum Gasteiger partial charge on any atom is 0.270 e. The molecule has 0 radical (unpaired) electrons. The molecule has 1 amide bonds. The van der Waals surface area contributed by atoms with E-state index in [0.717, 1.165) is 18.5 Å². The molecule has 0 bridgehead atoms. The summed E-state index contributed by atoms with van der Waals surface area (Å²) in [6.45, 7) is 3.38. The van der Waals surface area contributed by atoms with Crippen LogP contribution < -0.4 is 5.73 Å². The highest BCUT2D eigenvalue weighted by molar-refractivity contribution is 5.93. The monoisotopic (exact) mass is 261 g/mol. The first kappa shape index (κ1) is 13.2. The van der Waals surface area contributed by atoms with Crippen LogP contribution in [0.5, 0.6) is 0 Å². The summed E-state index contributed by atoms with van der Waals surface area (Å²) in [4.78, 5) is 14.1. The molecule has 19 heavy (non-hydrogen) atoms. The van der Waals surface area contributed by atoms with Gasteiger partial charge in [0.25, 0.3) is 5.91 Å². The number of carbonyl (C=O) groups excluding carboxylic acids is 1. The number of nitrogens with one attached hydrogen (secondary N) is 1. The van der Waals surface area contributed by atoms with Crippen LogP contribution in [-0.4, -0.2) is 32.6 Å². The maximum absolute atomic E-state index is 12.4. The minimum absolute atomic E-state index is 0.0358. The Morgan fingerprint density at radius 3 is 3.00 bits per heavy atom. The number of nitrogens with two attached hydrogens (primary N) is 1. The molecule has 102 valence electrons. The molecule has 6 nitrogen and oxygen atoms in total. The molecule has 3 N–H and O–H groups in total. The first-order chi connectivity index (χ1) is 9.11. The van der Waals surface area contributed by atoms with Gasteiger partial charge in [-0.25, -0.2) is 0 Å². The number of aromatic nitrogens is 3. The Balaban J connectivity index is 2.14. The zero-order valence-corrected chi connectivity index (χ0v) is 11.3. The second-order valence-corrected chi connectivity index (χ2v) is 4.62. The standard InChI is InChI=1S/C13H19N5O/c1-3-4-18-9-11(14)5-12(18)13(19)17(2)8-10-6-15-16-7-10/h5-7,9H,3-4,8,14H2,1-2H3,(H,15,16). The fourth-order valence-electron chi connectivity index (χ4n) is 2.04. The molecule has 2 aromatic heterocycles. The number of aryl methyl sites for hydroxylation is 1. The van der Waals surface area contributed by atoms with E-state index in [2.05, 4.69) is 17.1 Å². The first-order valence-corrected chi connectivity index (χ1v) is 6.30. The Labute approximate surface area is 112 Å². The summed E-state index contributed by atoms with van der Waals surface area (Å²) in [5.41, 5.74) is 8.00. The Bertz CT molecular complexity index is 543. The smallest absolute Gasteiger partial charge is 0.270 e. The van der Waals surface area contributed by atoms with Crippen LogP contribution in [0.2, 0.25) is 0 Å². The molecule has 0 unspecified atom stereocenters. The number of aromatic amines is 1. The predicted molar refractivity (Wildman–Crippen MR) is 73.5 cm³/mol. The fourth-order valence-corrected chi connectivity index (χ4v) is 2.04. The molecule has 2 heterocycles. The van der Waals surface area contributed by atoms with Crippen molar-refractivity contribution in [2.45, 2.75) is 26.4 Å². The molecule has 0 atom stereocenters. The van der Waals surface area contributed by atoms with Crippen molar-refractivity contribution in [1.29, 1.82) is 0 Å². The number of nitrogens with zero attached hydrogens (tertiary/aromatic N) is 3. The number of anilines is 1. The van der Waals surface area contributed by atoms with Crippen molar-refractivity contribution in [2.75, 3.05) is 12.8 Å². The van der Waals surface area contributed by atoms with Gasteiger partial charge in [0.2, 0.25) is 0 Å². The summed E-state index contributed by atoms with van der Waals surface area (Å²) < 4.78 is 1.91. The topological polar surface area (TPSA) is 79.9 Å². The Hall–Kier alpha value is -2.24. The van der Waals surface area contributed by atoms with Crippen LogP contribution in [0.1, 0.15) is 29.4 Å². The molecule has 2 rings (SSSR count). The van der Waals surface area contributed by atoms with Crippen LogP contribution in [0.3, 0.4) is 0 Å². The zero-order valence-electron chi connectivity index (χ0n) is 11.3. The summed E-state index contributed by atoms with van der Waals surface area (Å²) in [7, 11) is 1.77. The molecular formula is C13H19N5O. The van der Waals surface area contributed by atoms with Gasteiger partial charge < -0.3 is 15.2 Å². The lowest BCUT2D eigenvalue weighted by atomic mass is 10.3. The van der Waals surface area contributed by atoms with Crippen molar-refractivity contribution in [2.24, 2.45) is 0 Å². The molecule has 0 aromatic carbocycles. The third kappa shape index (κ3) is 2.96. The summed E-state index contributed by atoms with van der Waals surface area (Å²) in [5.74, 6) is -0.0358. The van der Waals surface area contributed by atoms with Crippen molar-refractivity contribution < 1.29 is 4.79 Å². The largest absolute Gasteiger partial charge is 0.397 e. The van der Waals surface area contributed by atoms with E-state index in [1.165, 1.54) is 0 Å². The van der Waals surface area contributed by atoms with Crippen LogP contribution >= 0.6 is 0 Å². The van der Waals surface area contributed by atoms with Crippen LogP contribution in [0.15, 0.2) is 24.7 Å². The van der Waals surface area contributed by atoms with Crippen molar-refractivity contribution in [3.63, 3.8) is 0 Å². The summed E-state index contributed by atoms with van der Waals surface area (Å²) in [6, 6.07) is 1.73. The summed E-state index contributed by atoms with van der Waals surface area (Å²) in [5, 5.41) is 6.61. The summed E-state index contributed by atoms with van der Waals surface area (Å²) in [6.07, 6.45) is 6.26. The number of H-pyrrole nitrogens is 1. The average Bonchev–Trinajstić information content (AvgIpc) is 2.98. The predicted octanol–water partition coefficient (Wildman–Crippen LogP) is 1.48. The van der Waals surface area contributed by atoms with E-state index < -0.39 is 0 Å². The van der Waals surface area contributed by atoms with Gasteiger partial charge in [0.15, 0.2) is 0 Å². The number of amides is 1. The molecule has 0 aliphatic heterocycles. The summed E-state index contributed by atoms with van der Waals surface area (Å²) >= 11 is 0. The van der Waals surface area contributed by atoms with Crippen LogP contribution in [0.25, 0.3) is 0 Å². The number of hydrogen-bond acceptors (Lipinski definition) is 3. The molecule has 0 saturated carbocycles. The van der Waals surface area contributed by atoms with Gasteiger partial charge in [0.1, 0.15) is 5.69 Å². The molecule has 0 saturated heterocycles. The highest BCUT2D eigenvalue weighted by atomic mass is 16.2. The lowest BCUT2D eigenvalue weighted by Crippen LogP contribution is -2.28. The fraction of sp³-hybridized carbons (Fsp3) is 0.385.